The Hall–Kier alpha value is -2.93. The van der Waals surface area contributed by atoms with Gasteiger partial charge in [-0.05, 0) is 17.2 Å². The number of nitrogens with zero attached hydrogens (tertiary/aromatic N) is 5. The third-order valence-electron chi connectivity index (χ3n) is 4.69. The SMILES string of the molecule is O=c1[nH]ccnc1N1CCN(Cc2ccc(Cn3cccn3)cc2)CC1. The van der Waals surface area contributed by atoms with Crippen LogP contribution in [0.2, 0.25) is 0 Å². The van der Waals surface area contributed by atoms with E-state index in [1.54, 1.807) is 18.6 Å². The summed E-state index contributed by atoms with van der Waals surface area (Å²) in [7, 11) is 0. The van der Waals surface area contributed by atoms with E-state index < -0.39 is 0 Å². The lowest BCUT2D eigenvalue weighted by Crippen LogP contribution is -2.47. The van der Waals surface area contributed by atoms with E-state index in [0.29, 0.717) is 5.82 Å². The molecule has 134 valence electrons. The lowest BCUT2D eigenvalue weighted by Gasteiger charge is -2.34. The van der Waals surface area contributed by atoms with E-state index in [-0.39, 0.29) is 5.56 Å². The molecule has 26 heavy (non-hydrogen) atoms. The molecule has 1 saturated heterocycles. The van der Waals surface area contributed by atoms with Crippen molar-refractivity contribution < 1.29 is 0 Å². The minimum atomic E-state index is -0.117. The van der Waals surface area contributed by atoms with Gasteiger partial charge in [0.25, 0.3) is 5.56 Å². The first-order chi connectivity index (χ1) is 12.8. The normalized spacial score (nSPS) is 15.3. The molecule has 1 aliphatic heterocycles. The van der Waals surface area contributed by atoms with Crippen molar-refractivity contribution in [1.82, 2.24) is 24.6 Å². The maximum atomic E-state index is 11.9. The molecule has 0 spiro atoms. The predicted molar refractivity (Wildman–Crippen MR) is 100 cm³/mol. The minimum Gasteiger partial charge on any atom is -0.349 e. The van der Waals surface area contributed by atoms with Gasteiger partial charge in [0.05, 0.1) is 6.54 Å². The first-order valence-corrected chi connectivity index (χ1v) is 8.84. The second kappa shape index (κ2) is 7.53. The van der Waals surface area contributed by atoms with Gasteiger partial charge in [-0.25, -0.2) is 4.98 Å². The fraction of sp³-hybridized carbons (Fsp3) is 0.316. The average Bonchev–Trinajstić information content (AvgIpc) is 3.18. The molecule has 0 atom stereocenters. The molecule has 2 aromatic heterocycles. The van der Waals surface area contributed by atoms with Gasteiger partial charge < -0.3 is 9.88 Å². The van der Waals surface area contributed by atoms with Gasteiger partial charge in [-0.15, -0.1) is 0 Å². The van der Waals surface area contributed by atoms with Gasteiger partial charge in [-0.1, -0.05) is 24.3 Å². The topological polar surface area (TPSA) is 70.1 Å². The molecule has 0 amide bonds. The second-order valence-corrected chi connectivity index (χ2v) is 6.53. The maximum absolute atomic E-state index is 11.9. The maximum Gasteiger partial charge on any atom is 0.290 e. The summed E-state index contributed by atoms with van der Waals surface area (Å²) in [6.45, 7) is 5.20. The zero-order valence-corrected chi connectivity index (χ0v) is 14.6. The van der Waals surface area contributed by atoms with E-state index >= 15 is 0 Å². The highest BCUT2D eigenvalue weighted by atomic mass is 16.1. The number of aromatic amines is 1. The molecule has 7 heteroatoms. The molecule has 7 nitrogen and oxygen atoms in total. The van der Waals surface area contributed by atoms with Gasteiger partial charge in [-0.2, -0.15) is 5.10 Å². The Balaban J connectivity index is 1.31. The van der Waals surface area contributed by atoms with Gasteiger partial charge >= 0.3 is 0 Å². The van der Waals surface area contributed by atoms with Crippen LogP contribution in [0.3, 0.4) is 0 Å². The number of rotatable bonds is 5. The zero-order valence-electron chi connectivity index (χ0n) is 14.6. The number of aromatic nitrogens is 4. The van der Waals surface area contributed by atoms with Crippen molar-refractivity contribution in [1.29, 1.82) is 0 Å². The summed E-state index contributed by atoms with van der Waals surface area (Å²) in [5.41, 5.74) is 2.43. The molecule has 0 unspecified atom stereocenters. The molecule has 0 bridgehead atoms. The van der Waals surface area contributed by atoms with Gasteiger partial charge in [0.15, 0.2) is 5.82 Å². The van der Waals surface area contributed by atoms with Crippen molar-refractivity contribution in [2.24, 2.45) is 0 Å². The molecule has 1 aliphatic rings. The van der Waals surface area contributed by atoms with E-state index in [9.17, 15) is 4.79 Å². The van der Waals surface area contributed by atoms with Crippen LogP contribution in [0.1, 0.15) is 11.1 Å². The molecule has 1 fully saturated rings. The summed E-state index contributed by atoms with van der Waals surface area (Å²) < 4.78 is 1.92. The van der Waals surface area contributed by atoms with E-state index in [2.05, 4.69) is 49.1 Å². The van der Waals surface area contributed by atoms with Crippen LogP contribution in [0.4, 0.5) is 5.82 Å². The van der Waals surface area contributed by atoms with E-state index in [1.165, 1.54) is 11.1 Å². The minimum absolute atomic E-state index is 0.117. The summed E-state index contributed by atoms with van der Waals surface area (Å²) in [6, 6.07) is 10.7. The Morgan fingerprint density at radius 3 is 2.35 bits per heavy atom. The van der Waals surface area contributed by atoms with Crippen LogP contribution in [0.5, 0.6) is 0 Å². The second-order valence-electron chi connectivity index (χ2n) is 6.53. The summed E-state index contributed by atoms with van der Waals surface area (Å²) in [5, 5.41) is 4.24. The van der Waals surface area contributed by atoms with Crippen LogP contribution in [-0.2, 0) is 13.1 Å². The number of H-pyrrole nitrogens is 1. The summed E-state index contributed by atoms with van der Waals surface area (Å²) >= 11 is 0. The number of nitrogens with one attached hydrogen (secondary N) is 1. The number of hydrogen-bond donors (Lipinski definition) is 1. The standard InChI is InChI=1S/C19H22N6O/c26-19-18(20-7-8-21-19)24-12-10-23(11-13-24)14-16-2-4-17(5-3-16)15-25-9-1-6-22-25/h1-9H,10-15H2,(H,21,26). The monoisotopic (exact) mass is 350 g/mol. The fourth-order valence-corrected chi connectivity index (χ4v) is 3.28. The van der Waals surface area contributed by atoms with Crippen LogP contribution in [0, 0.1) is 0 Å². The highest BCUT2D eigenvalue weighted by molar-refractivity contribution is 5.35. The van der Waals surface area contributed by atoms with Crippen molar-refractivity contribution in [2.45, 2.75) is 13.1 Å². The Labute approximate surface area is 151 Å². The molecular formula is C19H22N6O. The molecular weight excluding hydrogens is 328 g/mol. The van der Waals surface area contributed by atoms with Gasteiger partial charge in [0.2, 0.25) is 0 Å². The molecule has 4 rings (SSSR count). The van der Waals surface area contributed by atoms with Crippen molar-refractivity contribution in [2.75, 3.05) is 31.1 Å². The molecule has 1 N–H and O–H groups in total. The lowest BCUT2D eigenvalue weighted by atomic mass is 10.1. The molecule has 3 aromatic rings. The molecule has 0 saturated carbocycles. The highest BCUT2D eigenvalue weighted by Gasteiger charge is 2.19. The van der Waals surface area contributed by atoms with E-state index in [1.807, 2.05) is 16.9 Å². The lowest BCUT2D eigenvalue weighted by molar-refractivity contribution is 0.249. The molecule has 3 heterocycles. The Morgan fingerprint density at radius 1 is 0.962 bits per heavy atom. The quantitative estimate of drug-likeness (QED) is 0.752. The molecule has 0 aliphatic carbocycles. The van der Waals surface area contributed by atoms with Gasteiger partial charge in [-0.3, -0.25) is 14.4 Å². The Morgan fingerprint density at radius 2 is 1.69 bits per heavy atom. The summed E-state index contributed by atoms with van der Waals surface area (Å²) in [5.74, 6) is 0.523. The van der Waals surface area contributed by atoms with Gasteiger partial charge in [0, 0.05) is 57.5 Å². The summed E-state index contributed by atoms with van der Waals surface area (Å²) in [6.07, 6.45) is 6.97. The third kappa shape index (κ3) is 3.83. The first-order valence-electron chi connectivity index (χ1n) is 8.84. The van der Waals surface area contributed by atoms with E-state index in [4.69, 9.17) is 0 Å². The fourth-order valence-electron chi connectivity index (χ4n) is 3.28. The van der Waals surface area contributed by atoms with Crippen LogP contribution in [0.25, 0.3) is 0 Å². The van der Waals surface area contributed by atoms with E-state index in [0.717, 1.165) is 39.3 Å². The van der Waals surface area contributed by atoms with Crippen LogP contribution in [0.15, 0.2) is 59.9 Å². The van der Waals surface area contributed by atoms with Crippen LogP contribution >= 0.6 is 0 Å². The third-order valence-corrected chi connectivity index (χ3v) is 4.69. The Kier molecular flexibility index (Phi) is 4.79. The average molecular weight is 350 g/mol. The van der Waals surface area contributed by atoms with Crippen molar-refractivity contribution >= 4 is 5.82 Å². The highest BCUT2D eigenvalue weighted by Crippen LogP contribution is 2.13. The van der Waals surface area contributed by atoms with Gasteiger partial charge in [0.1, 0.15) is 0 Å². The molecule has 1 aromatic carbocycles. The number of benzene rings is 1. The van der Waals surface area contributed by atoms with Crippen molar-refractivity contribution in [3.05, 3.63) is 76.6 Å². The summed E-state index contributed by atoms with van der Waals surface area (Å²) in [4.78, 5) is 23.2. The van der Waals surface area contributed by atoms with Crippen LogP contribution < -0.4 is 10.5 Å². The number of piperazine rings is 1. The largest absolute Gasteiger partial charge is 0.349 e. The van der Waals surface area contributed by atoms with Crippen molar-refractivity contribution in [3.8, 4) is 0 Å². The number of anilines is 1. The number of hydrogen-bond acceptors (Lipinski definition) is 5. The predicted octanol–water partition coefficient (Wildman–Crippen LogP) is 1.34. The Bertz CT molecular complexity index is 879. The zero-order chi connectivity index (χ0) is 17.8. The first kappa shape index (κ1) is 16.5. The van der Waals surface area contributed by atoms with Crippen molar-refractivity contribution in [3.63, 3.8) is 0 Å². The molecule has 0 radical (unpaired) electrons. The van der Waals surface area contributed by atoms with Crippen LogP contribution in [-0.4, -0.2) is 50.8 Å². The smallest absolute Gasteiger partial charge is 0.290 e.